The number of hydrogen-bond acceptors (Lipinski definition) is 9. The molecule has 11 nitrogen and oxygen atoms in total. The molecule has 234 valence electrons. The summed E-state index contributed by atoms with van der Waals surface area (Å²) in [5.41, 5.74) is 0.280. The third-order valence-electron chi connectivity index (χ3n) is 5.68. The fourth-order valence-corrected chi connectivity index (χ4v) is 5.19. The maximum absolute atomic E-state index is 13.8. The van der Waals surface area contributed by atoms with Crippen LogP contribution < -0.4 is 14.8 Å². The maximum atomic E-state index is 13.8. The second-order valence-electron chi connectivity index (χ2n) is 10.8. The molecule has 1 atom stereocenters. The van der Waals surface area contributed by atoms with Gasteiger partial charge in [-0.15, -0.1) is 0 Å². The van der Waals surface area contributed by atoms with Gasteiger partial charge in [-0.05, 0) is 72.5 Å². The number of hydrogen-bond donors (Lipinski definition) is 2. The van der Waals surface area contributed by atoms with Crippen LogP contribution in [0, 0.1) is 0 Å². The standard InChI is InChI=1S/C30H45N3O8S/c1-8-38-29(39-9-2)24(20-27(34)41-30(3,4)5)32-42(36,37)26-16-15-23(28(35)31-17-18-33(6)7)19-25(26)40-21-22-13-11-10-12-14-22/h10-16,19,24,29,32H,8-9,17-18,20-21H2,1-7H3,(H,31,35). The van der Waals surface area contributed by atoms with Crippen LogP contribution in [-0.4, -0.2) is 83.5 Å². The number of ether oxygens (including phenoxy) is 4. The summed E-state index contributed by atoms with van der Waals surface area (Å²) in [7, 11) is -0.527. The van der Waals surface area contributed by atoms with Gasteiger partial charge in [-0.2, -0.15) is 0 Å². The van der Waals surface area contributed by atoms with E-state index in [-0.39, 0.29) is 48.4 Å². The van der Waals surface area contributed by atoms with Crippen molar-refractivity contribution in [3.63, 3.8) is 0 Å². The lowest BCUT2D eigenvalue weighted by Gasteiger charge is -2.28. The third kappa shape index (κ3) is 12.1. The van der Waals surface area contributed by atoms with Crippen LogP contribution in [0.2, 0.25) is 0 Å². The average Bonchev–Trinajstić information content (AvgIpc) is 2.90. The number of benzene rings is 2. The normalized spacial score (nSPS) is 12.8. The van der Waals surface area contributed by atoms with Crippen molar-refractivity contribution < 1.29 is 37.0 Å². The van der Waals surface area contributed by atoms with Crippen LogP contribution in [0.15, 0.2) is 53.4 Å². The Morgan fingerprint density at radius 3 is 2.19 bits per heavy atom. The SMILES string of the molecule is CCOC(OCC)C(CC(=O)OC(C)(C)C)NS(=O)(=O)c1ccc(C(=O)NCCN(C)C)cc1OCc1ccccc1. The first kappa shape index (κ1) is 35.2. The molecule has 42 heavy (non-hydrogen) atoms. The van der Waals surface area contributed by atoms with Gasteiger partial charge in [-0.1, -0.05) is 30.3 Å². The Morgan fingerprint density at radius 2 is 1.62 bits per heavy atom. The van der Waals surface area contributed by atoms with Gasteiger partial charge in [0.1, 0.15) is 22.9 Å². The van der Waals surface area contributed by atoms with Gasteiger partial charge in [0.05, 0.1) is 12.5 Å². The molecule has 0 aliphatic heterocycles. The van der Waals surface area contributed by atoms with E-state index in [0.717, 1.165) is 5.56 Å². The van der Waals surface area contributed by atoms with E-state index in [0.29, 0.717) is 13.1 Å². The Morgan fingerprint density at radius 1 is 0.976 bits per heavy atom. The van der Waals surface area contributed by atoms with Crippen molar-refractivity contribution in [2.24, 2.45) is 0 Å². The topological polar surface area (TPSA) is 132 Å². The minimum absolute atomic E-state index is 0.0213. The average molecular weight is 608 g/mol. The molecule has 12 heteroatoms. The Labute approximate surface area is 249 Å². The lowest BCUT2D eigenvalue weighted by Crippen LogP contribution is -2.47. The summed E-state index contributed by atoms with van der Waals surface area (Å²) in [4.78, 5) is 27.3. The highest BCUT2D eigenvalue weighted by Crippen LogP contribution is 2.28. The molecule has 2 rings (SSSR count). The Balaban J connectivity index is 2.44. The highest BCUT2D eigenvalue weighted by Gasteiger charge is 2.33. The Hall–Kier alpha value is -3.03. The molecular formula is C30H45N3O8S. The van der Waals surface area contributed by atoms with E-state index >= 15 is 0 Å². The number of esters is 1. The number of nitrogens with zero attached hydrogens (tertiary/aromatic N) is 1. The van der Waals surface area contributed by atoms with Gasteiger partial charge in [0.25, 0.3) is 5.91 Å². The zero-order chi connectivity index (χ0) is 31.3. The monoisotopic (exact) mass is 607 g/mol. The highest BCUT2D eigenvalue weighted by molar-refractivity contribution is 7.89. The first-order valence-corrected chi connectivity index (χ1v) is 15.4. The number of carbonyl (C=O) groups is 2. The smallest absolute Gasteiger partial charge is 0.308 e. The minimum atomic E-state index is -4.32. The minimum Gasteiger partial charge on any atom is -0.487 e. The number of nitrogens with one attached hydrogen (secondary N) is 2. The number of carbonyl (C=O) groups excluding carboxylic acids is 2. The third-order valence-corrected chi connectivity index (χ3v) is 7.21. The zero-order valence-electron chi connectivity index (χ0n) is 25.6. The summed E-state index contributed by atoms with van der Waals surface area (Å²) in [6.45, 7) is 10.2. The van der Waals surface area contributed by atoms with Gasteiger partial charge >= 0.3 is 5.97 Å². The van der Waals surface area contributed by atoms with Gasteiger partial charge < -0.3 is 29.2 Å². The van der Waals surface area contributed by atoms with Crippen LogP contribution in [0.3, 0.4) is 0 Å². The van der Waals surface area contributed by atoms with Crippen molar-refractivity contribution in [3.8, 4) is 5.75 Å². The first-order valence-electron chi connectivity index (χ1n) is 14.0. The van der Waals surface area contributed by atoms with Crippen molar-refractivity contribution in [1.29, 1.82) is 0 Å². The predicted octanol–water partition coefficient (Wildman–Crippen LogP) is 3.33. The van der Waals surface area contributed by atoms with Crippen molar-refractivity contribution in [3.05, 3.63) is 59.7 Å². The van der Waals surface area contributed by atoms with Crippen LogP contribution in [0.5, 0.6) is 5.75 Å². The number of likely N-dealkylation sites (N-methyl/N-ethyl adjacent to an activating group) is 1. The summed E-state index contributed by atoms with van der Waals surface area (Å²) in [6.07, 6.45) is -1.40. The van der Waals surface area contributed by atoms with E-state index in [9.17, 15) is 18.0 Å². The van der Waals surface area contributed by atoms with E-state index in [1.165, 1.54) is 18.2 Å². The van der Waals surface area contributed by atoms with Gasteiger partial charge in [-0.3, -0.25) is 9.59 Å². The number of sulfonamides is 1. The van der Waals surface area contributed by atoms with Gasteiger partial charge in [0.15, 0.2) is 6.29 Å². The molecule has 0 heterocycles. The fourth-order valence-electron chi connectivity index (χ4n) is 3.84. The van der Waals surface area contributed by atoms with Crippen LogP contribution in [-0.2, 0) is 35.6 Å². The van der Waals surface area contributed by atoms with Crippen LogP contribution >= 0.6 is 0 Å². The van der Waals surface area contributed by atoms with Crippen LogP contribution in [0.25, 0.3) is 0 Å². The molecule has 2 aromatic carbocycles. The predicted molar refractivity (Wildman–Crippen MR) is 160 cm³/mol. The molecule has 0 saturated heterocycles. The van der Waals surface area contributed by atoms with Crippen molar-refractivity contribution in [1.82, 2.24) is 14.9 Å². The fraction of sp³-hybridized carbons (Fsp3) is 0.533. The largest absolute Gasteiger partial charge is 0.487 e. The van der Waals surface area contributed by atoms with Crippen molar-refractivity contribution >= 4 is 21.9 Å². The molecule has 1 unspecified atom stereocenters. The van der Waals surface area contributed by atoms with E-state index < -0.39 is 33.9 Å². The first-order chi connectivity index (χ1) is 19.8. The molecule has 0 spiro atoms. The second-order valence-corrected chi connectivity index (χ2v) is 12.5. The van der Waals surface area contributed by atoms with Crippen molar-refractivity contribution in [2.45, 2.75) is 70.5 Å². The Bertz CT molecular complexity index is 1240. The molecule has 0 saturated carbocycles. The molecule has 0 aliphatic rings. The highest BCUT2D eigenvalue weighted by atomic mass is 32.2. The van der Waals surface area contributed by atoms with Gasteiger partial charge in [0, 0.05) is 31.9 Å². The summed E-state index contributed by atoms with van der Waals surface area (Å²) < 4.78 is 52.9. The Kier molecular flexibility index (Phi) is 13.9. The summed E-state index contributed by atoms with van der Waals surface area (Å²) in [5.74, 6) is -1.01. The number of amides is 1. The molecule has 0 fully saturated rings. The molecule has 0 bridgehead atoms. The maximum Gasteiger partial charge on any atom is 0.308 e. The lowest BCUT2D eigenvalue weighted by atomic mass is 10.1. The van der Waals surface area contributed by atoms with Crippen molar-refractivity contribution in [2.75, 3.05) is 40.4 Å². The second kappa shape index (κ2) is 16.6. The summed E-state index contributed by atoms with van der Waals surface area (Å²) >= 11 is 0. The molecule has 1 amide bonds. The van der Waals surface area contributed by atoms with Gasteiger partial charge in [-0.25, -0.2) is 13.1 Å². The molecule has 2 aromatic rings. The lowest BCUT2D eigenvalue weighted by molar-refractivity contribution is -0.169. The molecule has 0 aliphatic carbocycles. The van der Waals surface area contributed by atoms with E-state index in [4.69, 9.17) is 18.9 Å². The number of rotatable bonds is 17. The summed E-state index contributed by atoms with van der Waals surface area (Å²) in [5, 5.41) is 2.82. The zero-order valence-corrected chi connectivity index (χ0v) is 26.5. The molecule has 2 N–H and O–H groups in total. The van der Waals surface area contributed by atoms with Crippen LogP contribution in [0.4, 0.5) is 0 Å². The van der Waals surface area contributed by atoms with E-state index in [1.807, 2.05) is 49.3 Å². The molecule has 0 aromatic heterocycles. The van der Waals surface area contributed by atoms with E-state index in [1.54, 1.807) is 34.6 Å². The molecular weight excluding hydrogens is 562 g/mol. The quantitative estimate of drug-likeness (QED) is 0.205. The molecule has 0 radical (unpaired) electrons. The van der Waals surface area contributed by atoms with E-state index in [2.05, 4.69) is 10.0 Å². The van der Waals surface area contributed by atoms with Gasteiger partial charge in [0.2, 0.25) is 10.0 Å². The summed E-state index contributed by atoms with van der Waals surface area (Å²) in [6, 6.07) is 12.2. The van der Waals surface area contributed by atoms with Crippen LogP contribution in [0.1, 0.15) is 57.0 Å².